The molecule has 0 atom stereocenters. The van der Waals surface area contributed by atoms with Gasteiger partial charge in [-0.3, -0.25) is 4.90 Å². The number of rotatable bonds is 9. The molecule has 0 spiro atoms. The predicted octanol–water partition coefficient (Wildman–Crippen LogP) is 2.00. The second kappa shape index (κ2) is 13.0. The number of benzene rings is 1. The van der Waals surface area contributed by atoms with E-state index in [1.54, 1.807) is 43.0 Å². The summed E-state index contributed by atoms with van der Waals surface area (Å²) in [5, 5.41) is 13.6. The van der Waals surface area contributed by atoms with Crippen LogP contribution in [0.3, 0.4) is 0 Å². The van der Waals surface area contributed by atoms with Crippen LogP contribution >= 0.6 is 11.6 Å². The Kier molecular flexibility index (Phi) is 10.4. The molecule has 1 aliphatic rings. The van der Waals surface area contributed by atoms with Crippen LogP contribution in [0.25, 0.3) is 0 Å². The standard InChI is InChI=1S/C24H30ClN3O7/c1-5-33-22(31)20(23(32)34-6-2)35-26-21(17-7-9-18(25)10-8-17)24(3,4)28-15-13-27(14-16-28)12-11-19(29)30/h7-10,20H,5-6,13-16H2,1-4H3,(H,29,30). The van der Waals surface area contributed by atoms with Gasteiger partial charge in [0.05, 0.1) is 18.8 Å². The second-order valence-corrected chi connectivity index (χ2v) is 8.45. The maximum atomic E-state index is 12.3. The van der Waals surface area contributed by atoms with Crippen LogP contribution in [0.4, 0.5) is 0 Å². The number of carbonyl (C=O) groups is 3. The Morgan fingerprint density at radius 2 is 1.60 bits per heavy atom. The minimum Gasteiger partial charge on any atom is -0.472 e. The van der Waals surface area contributed by atoms with E-state index in [4.69, 9.17) is 31.0 Å². The van der Waals surface area contributed by atoms with Crippen molar-refractivity contribution in [2.24, 2.45) is 5.16 Å². The quantitative estimate of drug-likeness (QED) is 0.176. The maximum Gasteiger partial charge on any atom is 0.383 e. The van der Waals surface area contributed by atoms with Crippen LogP contribution < -0.4 is 0 Å². The molecule has 0 unspecified atom stereocenters. The highest BCUT2D eigenvalue weighted by Crippen LogP contribution is 2.25. The first-order chi connectivity index (χ1) is 16.6. The van der Waals surface area contributed by atoms with Gasteiger partial charge in [-0.2, -0.15) is 0 Å². The van der Waals surface area contributed by atoms with Gasteiger partial charge in [-0.15, -0.1) is 0 Å². The molecule has 0 saturated carbocycles. The molecule has 1 fully saturated rings. The van der Waals surface area contributed by atoms with E-state index in [-0.39, 0.29) is 13.2 Å². The first kappa shape index (κ1) is 28.0. The number of carboxylic acids is 1. The van der Waals surface area contributed by atoms with E-state index >= 15 is 0 Å². The first-order valence-electron chi connectivity index (χ1n) is 11.2. The average Bonchev–Trinajstić information content (AvgIpc) is 2.81. The zero-order valence-corrected chi connectivity index (χ0v) is 21.0. The minimum atomic E-state index is -1.67. The normalized spacial score (nSPS) is 14.7. The van der Waals surface area contributed by atoms with Gasteiger partial charge in [0, 0.05) is 48.7 Å². The first-order valence-corrected chi connectivity index (χ1v) is 11.6. The molecule has 1 aromatic carbocycles. The van der Waals surface area contributed by atoms with Crippen molar-refractivity contribution in [1.29, 1.82) is 0 Å². The van der Waals surface area contributed by atoms with Crippen LogP contribution in [-0.4, -0.2) is 89.6 Å². The predicted molar refractivity (Wildman–Crippen MR) is 129 cm³/mol. The topological polar surface area (TPSA) is 118 Å². The molecule has 0 bridgehead atoms. The van der Waals surface area contributed by atoms with E-state index in [1.165, 1.54) is 0 Å². The molecular weight excluding hydrogens is 478 g/mol. The summed E-state index contributed by atoms with van der Waals surface area (Å²) in [4.78, 5) is 44.8. The smallest absolute Gasteiger partial charge is 0.383 e. The zero-order valence-electron chi connectivity index (χ0n) is 20.2. The number of halogens is 1. The maximum absolute atomic E-state index is 12.3. The van der Waals surface area contributed by atoms with Gasteiger partial charge in [0.15, 0.2) is 0 Å². The van der Waals surface area contributed by atoms with Gasteiger partial charge in [0.2, 0.25) is 0 Å². The van der Waals surface area contributed by atoms with E-state index in [1.807, 2.05) is 13.8 Å². The summed E-state index contributed by atoms with van der Waals surface area (Å²) >= 11 is 6.06. The van der Waals surface area contributed by atoms with Gasteiger partial charge in [-0.1, -0.05) is 28.9 Å². The van der Waals surface area contributed by atoms with E-state index in [0.717, 1.165) is 0 Å². The lowest BCUT2D eigenvalue weighted by atomic mass is 9.89. The number of hydrogen-bond acceptors (Lipinski definition) is 9. The third-order valence-corrected chi connectivity index (χ3v) is 5.59. The average molecular weight is 508 g/mol. The summed E-state index contributed by atoms with van der Waals surface area (Å²) in [5.74, 6) is -0.843. The lowest BCUT2D eigenvalue weighted by molar-refractivity contribution is -0.173. The van der Waals surface area contributed by atoms with Crippen LogP contribution in [-0.2, 0) is 28.7 Å². The highest BCUT2D eigenvalue weighted by molar-refractivity contribution is 6.30. The highest BCUT2D eigenvalue weighted by Gasteiger charge is 2.38. The summed E-state index contributed by atoms with van der Waals surface area (Å²) in [6.45, 7) is 9.40. The van der Waals surface area contributed by atoms with Crippen molar-refractivity contribution >= 4 is 35.2 Å². The summed E-state index contributed by atoms with van der Waals surface area (Å²) in [6, 6.07) is 9.58. The Balaban J connectivity index is 2.36. The van der Waals surface area contributed by atoms with Crippen molar-refractivity contribution in [3.63, 3.8) is 0 Å². The number of aliphatic carboxylic acids is 1. The Labute approximate surface area is 209 Å². The largest absolute Gasteiger partial charge is 0.472 e. The molecule has 0 aliphatic carbocycles. The van der Waals surface area contributed by atoms with Crippen LogP contribution in [0, 0.1) is 12.0 Å². The SMILES string of the molecule is CCOC(=O)C(ON=C(c1ccc(Cl)cc1)C(C)(C)N1CCN(C#CC(=O)O)CC1)C(=O)OCC. The fraction of sp³-hybridized carbons (Fsp3) is 0.500. The summed E-state index contributed by atoms with van der Waals surface area (Å²) < 4.78 is 9.91. The van der Waals surface area contributed by atoms with Crippen LogP contribution in [0.5, 0.6) is 0 Å². The van der Waals surface area contributed by atoms with E-state index in [9.17, 15) is 14.4 Å². The summed E-state index contributed by atoms with van der Waals surface area (Å²) in [7, 11) is 0. The summed E-state index contributed by atoms with van der Waals surface area (Å²) in [5.41, 5.74) is 0.422. The van der Waals surface area contributed by atoms with Crippen molar-refractivity contribution in [2.45, 2.75) is 39.3 Å². The number of ether oxygens (including phenoxy) is 2. The molecule has 0 aromatic heterocycles. The van der Waals surface area contributed by atoms with Crippen molar-refractivity contribution in [1.82, 2.24) is 9.80 Å². The van der Waals surface area contributed by atoms with Crippen molar-refractivity contribution in [3.8, 4) is 12.0 Å². The Hall–Kier alpha value is -3.29. The molecule has 0 amide bonds. The number of oxime groups is 1. The molecule has 1 aromatic rings. The van der Waals surface area contributed by atoms with Gasteiger partial charge < -0.3 is 24.3 Å². The lowest BCUT2D eigenvalue weighted by Crippen LogP contribution is -2.57. The van der Waals surface area contributed by atoms with Crippen LogP contribution in [0.15, 0.2) is 29.4 Å². The molecule has 2 rings (SSSR count). The number of piperazine rings is 1. The molecule has 190 valence electrons. The van der Waals surface area contributed by atoms with E-state index in [2.05, 4.69) is 22.0 Å². The number of nitrogens with zero attached hydrogens (tertiary/aromatic N) is 3. The number of carboxylic acid groups (broad SMARTS) is 1. The fourth-order valence-electron chi connectivity index (χ4n) is 3.50. The monoisotopic (exact) mass is 507 g/mol. The fourth-order valence-corrected chi connectivity index (χ4v) is 3.63. The number of carbonyl (C=O) groups excluding carboxylic acids is 2. The van der Waals surface area contributed by atoms with Crippen molar-refractivity contribution < 1.29 is 33.8 Å². The Morgan fingerprint density at radius 3 is 2.09 bits per heavy atom. The van der Waals surface area contributed by atoms with E-state index in [0.29, 0.717) is 42.5 Å². The molecule has 11 heteroatoms. The van der Waals surface area contributed by atoms with Crippen LogP contribution in [0.2, 0.25) is 5.02 Å². The molecule has 1 heterocycles. The van der Waals surface area contributed by atoms with Gasteiger partial charge in [-0.05, 0) is 39.8 Å². The molecule has 10 nitrogen and oxygen atoms in total. The molecule has 35 heavy (non-hydrogen) atoms. The summed E-state index contributed by atoms with van der Waals surface area (Å²) in [6.07, 6.45) is -1.67. The number of esters is 2. The van der Waals surface area contributed by atoms with Gasteiger partial charge in [0.1, 0.15) is 5.71 Å². The zero-order chi connectivity index (χ0) is 26.0. The molecule has 0 radical (unpaired) electrons. The third-order valence-electron chi connectivity index (χ3n) is 5.34. The van der Waals surface area contributed by atoms with E-state index < -0.39 is 29.6 Å². The molecule has 1 saturated heterocycles. The second-order valence-electron chi connectivity index (χ2n) is 8.01. The highest BCUT2D eigenvalue weighted by atomic mass is 35.5. The molecule has 1 aliphatic heterocycles. The van der Waals surface area contributed by atoms with Crippen LogP contribution in [0.1, 0.15) is 33.3 Å². The third kappa shape index (κ3) is 7.87. The molecular formula is C24H30ClN3O7. The molecule has 1 N–H and O–H groups in total. The van der Waals surface area contributed by atoms with Crippen molar-refractivity contribution in [3.05, 3.63) is 34.9 Å². The van der Waals surface area contributed by atoms with Crippen molar-refractivity contribution in [2.75, 3.05) is 39.4 Å². The van der Waals surface area contributed by atoms with Gasteiger partial charge in [-0.25, -0.2) is 14.4 Å². The number of hydrogen-bond donors (Lipinski definition) is 1. The minimum absolute atomic E-state index is 0.0619. The Bertz CT molecular complexity index is 973. The van der Waals surface area contributed by atoms with Gasteiger partial charge in [0.25, 0.3) is 0 Å². The Morgan fingerprint density at radius 1 is 1.06 bits per heavy atom. The van der Waals surface area contributed by atoms with Gasteiger partial charge >= 0.3 is 24.0 Å². The lowest BCUT2D eigenvalue weighted by Gasteiger charge is -2.43.